The minimum Gasteiger partial charge on any atom is -0.378 e. The maximum Gasteiger partial charge on any atom is 0.138 e. The molecule has 1 N–H and O–H groups in total. The van der Waals surface area contributed by atoms with Gasteiger partial charge in [0.05, 0.1) is 22.3 Å². The molecule has 2 heterocycles. The molecule has 0 aliphatic heterocycles. The average Bonchev–Trinajstić information content (AvgIpc) is 3.16. The van der Waals surface area contributed by atoms with E-state index in [9.17, 15) is 0 Å². The molecular weight excluding hydrogens is 306 g/mol. The molecule has 108 valence electrons. The van der Waals surface area contributed by atoms with Crippen LogP contribution in [0.5, 0.6) is 0 Å². The van der Waals surface area contributed by atoms with Crippen LogP contribution in [0.15, 0.2) is 37.1 Å². The normalized spacial score (nSPS) is 10.8. The fourth-order valence-corrected chi connectivity index (χ4v) is 3.05. The van der Waals surface area contributed by atoms with Crippen LogP contribution in [0.25, 0.3) is 5.69 Å². The highest BCUT2D eigenvalue weighted by atomic mass is 35.5. The van der Waals surface area contributed by atoms with Crippen LogP contribution >= 0.6 is 22.9 Å². The minimum absolute atomic E-state index is 0.629. The topological polar surface area (TPSA) is 55.6 Å². The summed E-state index contributed by atoms with van der Waals surface area (Å²) < 4.78 is 1.66. The van der Waals surface area contributed by atoms with Crippen LogP contribution in [0.2, 0.25) is 5.02 Å². The van der Waals surface area contributed by atoms with Crippen molar-refractivity contribution >= 4 is 28.6 Å². The summed E-state index contributed by atoms with van der Waals surface area (Å²) >= 11 is 8.01. The van der Waals surface area contributed by atoms with E-state index in [1.54, 1.807) is 22.3 Å². The molecule has 0 fully saturated rings. The van der Waals surface area contributed by atoms with E-state index in [-0.39, 0.29) is 0 Å². The monoisotopic (exact) mass is 319 g/mol. The van der Waals surface area contributed by atoms with Crippen LogP contribution in [0.1, 0.15) is 16.8 Å². The van der Waals surface area contributed by atoms with E-state index in [1.807, 2.05) is 24.4 Å². The summed E-state index contributed by atoms with van der Waals surface area (Å²) in [4.78, 5) is 9.52. The van der Waals surface area contributed by atoms with E-state index >= 15 is 0 Å². The molecule has 0 amide bonds. The Bertz CT molecular complexity index is 723. The molecule has 3 rings (SSSR count). The van der Waals surface area contributed by atoms with Crippen molar-refractivity contribution in [1.82, 2.24) is 19.7 Å². The first-order valence-electron chi connectivity index (χ1n) is 6.59. The van der Waals surface area contributed by atoms with Gasteiger partial charge in [-0.15, -0.1) is 11.3 Å². The molecule has 21 heavy (non-hydrogen) atoms. The first-order chi connectivity index (χ1) is 10.3. The molecule has 0 aliphatic carbocycles. The molecule has 2 aromatic heterocycles. The van der Waals surface area contributed by atoms with Crippen LogP contribution in [-0.4, -0.2) is 19.7 Å². The number of hydrogen-bond acceptors (Lipinski definition) is 5. The van der Waals surface area contributed by atoms with Gasteiger partial charge < -0.3 is 5.32 Å². The Labute approximate surface area is 131 Å². The Hall–Kier alpha value is -1.92. The highest BCUT2D eigenvalue weighted by molar-refractivity contribution is 7.11. The second-order valence-corrected chi connectivity index (χ2v) is 6.01. The van der Waals surface area contributed by atoms with Gasteiger partial charge in [-0.1, -0.05) is 24.6 Å². The number of halogens is 1. The van der Waals surface area contributed by atoms with Crippen LogP contribution < -0.4 is 5.32 Å². The van der Waals surface area contributed by atoms with Crippen molar-refractivity contribution in [3.8, 4) is 5.69 Å². The van der Waals surface area contributed by atoms with E-state index in [2.05, 4.69) is 27.3 Å². The van der Waals surface area contributed by atoms with Crippen molar-refractivity contribution in [3.05, 3.63) is 52.0 Å². The number of nitrogens with zero attached hydrogens (tertiary/aromatic N) is 4. The minimum atomic E-state index is 0.629. The third-order valence-electron chi connectivity index (χ3n) is 2.99. The predicted molar refractivity (Wildman–Crippen MR) is 85.2 cm³/mol. The van der Waals surface area contributed by atoms with E-state index in [0.717, 1.165) is 22.8 Å². The third kappa shape index (κ3) is 3.06. The van der Waals surface area contributed by atoms with E-state index in [4.69, 9.17) is 11.6 Å². The maximum absolute atomic E-state index is 6.29. The van der Waals surface area contributed by atoms with Crippen LogP contribution in [0.4, 0.5) is 5.69 Å². The van der Waals surface area contributed by atoms with Crippen molar-refractivity contribution in [2.75, 3.05) is 5.32 Å². The van der Waals surface area contributed by atoms with Crippen molar-refractivity contribution in [2.45, 2.75) is 19.9 Å². The number of nitrogens with one attached hydrogen (secondary N) is 1. The number of anilines is 1. The molecule has 0 saturated carbocycles. The van der Waals surface area contributed by atoms with Gasteiger partial charge in [0.2, 0.25) is 0 Å². The fraction of sp³-hybridized carbons (Fsp3) is 0.214. The predicted octanol–water partition coefficient (Wildman–Crippen LogP) is 3.55. The number of aryl methyl sites for hydroxylation is 1. The lowest BCUT2D eigenvalue weighted by molar-refractivity contribution is 0.878. The summed E-state index contributed by atoms with van der Waals surface area (Å²) in [5, 5.41) is 9.32. The highest BCUT2D eigenvalue weighted by Crippen LogP contribution is 2.28. The molecule has 7 heteroatoms. The Morgan fingerprint density at radius 2 is 2.29 bits per heavy atom. The van der Waals surface area contributed by atoms with Gasteiger partial charge >= 0.3 is 0 Å². The number of hydrogen-bond donors (Lipinski definition) is 1. The fourth-order valence-electron chi connectivity index (χ4n) is 1.99. The average molecular weight is 320 g/mol. The number of para-hydroxylation sites is 1. The highest BCUT2D eigenvalue weighted by Gasteiger charge is 2.10. The summed E-state index contributed by atoms with van der Waals surface area (Å²) in [6.45, 7) is 2.82. The zero-order chi connectivity index (χ0) is 14.7. The maximum atomic E-state index is 6.29. The molecule has 0 saturated heterocycles. The SMILES string of the molecule is CCc1ncc(CNc2cccc(Cl)c2-n2cncn2)s1. The van der Waals surface area contributed by atoms with Gasteiger partial charge in [0, 0.05) is 11.1 Å². The van der Waals surface area contributed by atoms with E-state index < -0.39 is 0 Å². The molecule has 3 aromatic rings. The van der Waals surface area contributed by atoms with Gasteiger partial charge in [-0.3, -0.25) is 0 Å². The number of rotatable bonds is 5. The smallest absolute Gasteiger partial charge is 0.138 e. The van der Waals surface area contributed by atoms with Crippen LogP contribution in [-0.2, 0) is 13.0 Å². The van der Waals surface area contributed by atoms with Gasteiger partial charge in [0.1, 0.15) is 18.3 Å². The van der Waals surface area contributed by atoms with Crippen molar-refractivity contribution < 1.29 is 0 Å². The molecule has 0 spiro atoms. The van der Waals surface area contributed by atoms with Gasteiger partial charge in [-0.05, 0) is 18.6 Å². The van der Waals surface area contributed by atoms with Gasteiger partial charge in [0.15, 0.2) is 0 Å². The lowest BCUT2D eigenvalue weighted by Crippen LogP contribution is -2.04. The summed E-state index contributed by atoms with van der Waals surface area (Å²) in [6.07, 6.45) is 6.00. The summed E-state index contributed by atoms with van der Waals surface area (Å²) in [5.74, 6) is 0. The van der Waals surface area contributed by atoms with Crippen molar-refractivity contribution in [2.24, 2.45) is 0 Å². The van der Waals surface area contributed by atoms with Crippen LogP contribution in [0, 0.1) is 0 Å². The molecule has 0 unspecified atom stereocenters. The van der Waals surface area contributed by atoms with Crippen molar-refractivity contribution in [3.63, 3.8) is 0 Å². The Balaban J connectivity index is 1.84. The zero-order valence-electron chi connectivity index (χ0n) is 11.5. The molecule has 0 aliphatic rings. The van der Waals surface area contributed by atoms with E-state index in [1.165, 1.54) is 11.2 Å². The summed E-state index contributed by atoms with van der Waals surface area (Å²) in [5.41, 5.74) is 1.72. The standard InChI is InChI=1S/C14H14ClN5S/c1-2-13-18-7-10(21-13)6-17-12-5-3-4-11(15)14(12)20-9-16-8-19-20/h3-5,7-9,17H,2,6H2,1H3. The number of aromatic nitrogens is 4. The second-order valence-electron chi connectivity index (χ2n) is 4.40. The molecular formula is C14H14ClN5S. The quantitative estimate of drug-likeness (QED) is 0.781. The Kier molecular flexibility index (Phi) is 4.17. The number of benzene rings is 1. The summed E-state index contributed by atoms with van der Waals surface area (Å²) in [7, 11) is 0. The first-order valence-corrected chi connectivity index (χ1v) is 7.78. The third-order valence-corrected chi connectivity index (χ3v) is 4.44. The molecule has 0 atom stereocenters. The Morgan fingerprint density at radius 1 is 1.38 bits per heavy atom. The number of thiazole rings is 1. The lowest BCUT2D eigenvalue weighted by Gasteiger charge is -2.12. The van der Waals surface area contributed by atoms with Gasteiger partial charge in [-0.2, -0.15) is 5.10 Å². The molecule has 1 aromatic carbocycles. The first kappa shape index (κ1) is 14.0. The van der Waals surface area contributed by atoms with Crippen molar-refractivity contribution in [1.29, 1.82) is 0 Å². The molecule has 5 nitrogen and oxygen atoms in total. The second kappa shape index (κ2) is 6.24. The van der Waals surface area contributed by atoms with Gasteiger partial charge in [-0.25, -0.2) is 14.6 Å². The van der Waals surface area contributed by atoms with E-state index in [0.29, 0.717) is 11.6 Å². The lowest BCUT2D eigenvalue weighted by atomic mass is 10.2. The molecule has 0 radical (unpaired) electrons. The molecule has 0 bridgehead atoms. The van der Waals surface area contributed by atoms with Crippen LogP contribution in [0.3, 0.4) is 0 Å². The zero-order valence-corrected chi connectivity index (χ0v) is 13.0. The Morgan fingerprint density at radius 3 is 3.00 bits per heavy atom. The summed E-state index contributed by atoms with van der Waals surface area (Å²) in [6, 6.07) is 5.73. The van der Waals surface area contributed by atoms with Gasteiger partial charge in [0.25, 0.3) is 0 Å². The largest absolute Gasteiger partial charge is 0.378 e.